The van der Waals surface area contributed by atoms with Crippen molar-refractivity contribution in [3.05, 3.63) is 24.4 Å². The van der Waals surface area contributed by atoms with Gasteiger partial charge in [0.05, 0.1) is 0 Å². The fourth-order valence-electron chi connectivity index (χ4n) is 2.94. The molecular weight excluding hydrogens is 250 g/mol. The summed E-state index contributed by atoms with van der Waals surface area (Å²) in [6.07, 6.45) is 7.30. The van der Waals surface area contributed by atoms with Crippen LogP contribution in [0.3, 0.4) is 0 Å². The maximum atomic E-state index is 12.2. The molecule has 2 heterocycles. The van der Waals surface area contributed by atoms with Crippen molar-refractivity contribution in [2.75, 3.05) is 25.0 Å². The van der Waals surface area contributed by atoms with E-state index in [1.54, 1.807) is 0 Å². The average Bonchev–Trinajstić information content (AvgIpc) is 3.31. The quantitative estimate of drug-likeness (QED) is 0.844. The van der Waals surface area contributed by atoms with Gasteiger partial charge in [0.25, 0.3) is 0 Å². The molecule has 2 aliphatic rings. The molecule has 20 heavy (non-hydrogen) atoms. The van der Waals surface area contributed by atoms with Crippen LogP contribution in [0.2, 0.25) is 0 Å². The average molecular weight is 273 g/mol. The summed E-state index contributed by atoms with van der Waals surface area (Å²) in [4.78, 5) is 20.9. The van der Waals surface area contributed by atoms with E-state index in [2.05, 4.69) is 9.88 Å². The predicted octanol–water partition coefficient (Wildman–Crippen LogP) is 2.31. The highest BCUT2D eigenvalue weighted by Crippen LogP contribution is 2.33. The highest BCUT2D eigenvalue weighted by Gasteiger charge is 2.30. The topological polar surface area (TPSA) is 36.4 Å². The predicted molar refractivity (Wildman–Crippen MR) is 79.6 cm³/mol. The smallest absolute Gasteiger partial charge is 0.222 e. The fourth-order valence-corrected chi connectivity index (χ4v) is 2.94. The minimum Gasteiger partial charge on any atom is -0.355 e. The number of hydrogen-bond donors (Lipinski definition) is 0. The van der Waals surface area contributed by atoms with Gasteiger partial charge in [-0.2, -0.15) is 0 Å². The number of carbonyl (C=O) groups is 1. The van der Waals surface area contributed by atoms with E-state index in [4.69, 9.17) is 0 Å². The molecule has 1 unspecified atom stereocenters. The minimum absolute atomic E-state index is 0.320. The van der Waals surface area contributed by atoms with Crippen molar-refractivity contribution in [1.82, 2.24) is 9.88 Å². The molecule has 1 aromatic heterocycles. The number of carbonyl (C=O) groups excluding carboxylic acids is 1. The third-order valence-corrected chi connectivity index (χ3v) is 4.47. The monoisotopic (exact) mass is 273 g/mol. The van der Waals surface area contributed by atoms with Gasteiger partial charge in [-0.25, -0.2) is 4.98 Å². The highest BCUT2D eigenvalue weighted by atomic mass is 16.2. The Bertz CT molecular complexity index is 458. The Balaban J connectivity index is 1.60. The van der Waals surface area contributed by atoms with Crippen LogP contribution in [0.1, 0.15) is 32.1 Å². The van der Waals surface area contributed by atoms with Gasteiger partial charge in [-0.1, -0.05) is 6.07 Å². The SMILES string of the molecule is CN(C(=O)CC1CC1)C1CCCN(c2ccccn2)C1. The van der Waals surface area contributed by atoms with Gasteiger partial charge in [0.15, 0.2) is 0 Å². The van der Waals surface area contributed by atoms with Crippen LogP contribution in [0.5, 0.6) is 0 Å². The molecule has 0 spiro atoms. The summed E-state index contributed by atoms with van der Waals surface area (Å²) in [7, 11) is 1.97. The van der Waals surface area contributed by atoms with Gasteiger partial charge in [-0.3, -0.25) is 4.79 Å². The lowest BCUT2D eigenvalue weighted by Gasteiger charge is -2.38. The Morgan fingerprint density at radius 3 is 2.95 bits per heavy atom. The number of nitrogens with zero attached hydrogens (tertiary/aromatic N) is 3. The van der Waals surface area contributed by atoms with Gasteiger partial charge in [0.1, 0.15) is 5.82 Å². The molecule has 1 aliphatic heterocycles. The summed E-state index contributed by atoms with van der Waals surface area (Å²) >= 11 is 0. The Labute approximate surface area is 120 Å². The van der Waals surface area contributed by atoms with Gasteiger partial charge in [-0.15, -0.1) is 0 Å². The number of rotatable bonds is 4. The second-order valence-electron chi connectivity index (χ2n) is 6.08. The lowest BCUT2D eigenvalue weighted by Crippen LogP contribution is -2.48. The molecule has 4 nitrogen and oxygen atoms in total. The number of pyridine rings is 1. The van der Waals surface area contributed by atoms with Crippen molar-refractivity contribution in [2.24, 2.45) is 5.92 Å². The first kappa shape index (κ1) is 13.4. The van der Waals surface area contributed by atoms with E-state index in [1.165, 1.54) is 12.8 Å². The van der Waals surface area contributed by atoms with Gasteiger partial charge in [0.2, 0.25) is 5.91 Å². The molecule has 1 aliphatic carbocycles. The molecule has 2 fully saturated rings. The van der Waals surface area contributed by atoms with E-state index >= 15 is 0 Å². The van der Waals surface area contributed by atoms with Crippen molar-refractivity contribution in [1.29, 1.82) is 0 Å². The van der Waals surface area contributed by atoms with Crippen molar-refractivity contribution in [3.63, 3.8) is 0 Å². The van der Waals surface area contributed by atoms with Crippen LogP contribution in [-0.4, -0.2) is 42.0 Å². The van der Waals surface area contributed by atoms with Gasteiger partial charge in [0, 0.05) is 38.8 Å². The fraction of sp³-hybridized carbons (Fsp3) is 0.625. The van der Waals surface area contributed by atoms with E-state index in [1.807, 2.05) is 36.3 Å². The van der Waals surface area contributed by atoms with Crippen molar-refractivity contribution >= 4 is 11.7 Å². The lowest BCUT2D eigenvalue weighted by atomic mass is 10.0. The third kappa shape index (κ3) is 3.11. The second-order valence-corrected chi connectivity index (χ2v) is 6.08. The van der Waals surface area contributed by atoms with E-state index in [-0.39, 0.29) is 0 Å². The molecule has 0 aromatic carbocycles. The number of likely N-dealkylation sites (N-methyl/N-ethyl adjacent to an activating group) is 1. The summed E-state index contributed by atoms with van der Waals surface area (Å²) in [6, 6.07) is 6.34. The summed E-state index contributed by atoms with van der Waals surface area (Å²) in [5.41, 5.74) is 0. The summed E-state index contributed by atoms with van der Waals surface area (Å²) in [5.74, 6) is 2.01. The number of hydrogen-bond acceptors (Lipinski definition) is 3. The Hall–Kier alpha value is -1.58. The van der Waals surface area contributed by atoms with E-state index in [0.717, 1.165) is 38.2 Å². The molecule has 1 saturated carbocycles. The van der Waals surface area contributed by atoms with Crippen LogP contribution < -0.4 is 4.90 Å². The van der Waals surface area contributed by atoms with Crippen molar-refractivity contribution in [2.45, 2.75) is 38.1 Å². The number of amides is 1. The molecule has 0 radical (unpaired) electrons. The van der Waals surface area contributed by atoms with E-state index in [0.29, 0.717) is 17.9 Å². The molecule has 1 amide bonds. The zero-order chi connectivity index (χ0) is 13.9. The Morgan fingerprint density at radius 1 is 1.40 bits per heavy atom. The second kappa shape index (κ2) is 5.81. The van der Waals surface area contributed by atoms with Crippen LogP contribution in [0.4, 0.5) is 5.82 Å². The largest absolute Gasteiger partial charge is 0.355 e. The Morgan fingerprint density at radius 2 is 2.25 bits per heavy atom. The Kier molecular flexibility index (Phi) is 3.90. The first-order chi connectivity index (χ1) is 9.74. The molecule has 4 heteroatoms. The third-order valence-electron chi connectivity index (χ3n) is 4.47. The molecule has 108 valence electrons. The van der Waals surface area contributed by atoms with E-state index in [9.17, 15) is 4.79 Å². The van der Waals surface area contributed by atoms with Gasteiger partial charge < -0.3 is 9.80 Å². The highest BCUT2D eigenvalue weighted by molar-refractivity contribution is 5.76. The zero-order valence-corrected chi connectivity index (χ0v) is 12.2. The van der Waals surface area contributed by atoms with Crippen LogP contribution in [0, 0.1) is 5.92 Å². The van der Waals surface area contributed by atoms with Gasteiger partial charge in [-0.05, 0) is 43.7 Å². The first-order valence-electron chi connectivity index (χ1n) is 7.65. The molecular formula is C16H23N3O. The van der Waals surface area contributed by atoms with Gasteiger partial charge >= 0.3 is 0 Å². The summed E-state index contributed by atoms with van der Waals surface area (Å²) < 4.78 is 0. The maximum Gasteiger partial charge on any atom is 0.222 e. The minimum atomic E-state index is 0.320. The molecule has 0 N–H and O–H groups in total. The summed E-state index contributed by atoms with van der Waals surface area (Å²) in [6.45, 7) is 1.95. The van der Waals surface area contributed by atoms with Crippen molar-refractivity contribution in [3.8, 4) is 0 Å². The molecule has 3 rings (SSSR count). The normalized spacial score (nSPS) is 22.6. The number of anilines is 1. The number of aromatic nitrogens is 1. The van der Waals surface area contributed by atoms with Crippen LogP contribution in [0.15, 0.2) is 24.4 Å². The number of piperidine rings is 1. The molecule has 0 bridgehead atoms. The summed E-state index contributed by atoms with van der Waals surface area (Å²) in [5, 5.41) is 0. The molecule has 1 aromatic rings. The standard InChI is InChI=1S/C16H23N3O/c1-18(16(20)11-13-7-8-13)14-5-4-10-19(12-14)15-6-2-3-9-17-15/h2-3,6,9,13-14H,4-5,7-8,10-12H2,1H3. The van der Waals surface area contributed by atoms with E-state index < -0.39 is 0 Å². The maximum absolute atomic E-state index is 12.2. The molecule has 1 atom stereocenters. The van der Waals surface area contributed by atoms with Crippen LogP contribution >= 0.6 is 0 Å². The molecule has 1 saturated heterocycles. The van der Waals surface area contributed by atoms with Crippen LogP contribution in [-0.2, 0) is 4.79 Å². The van der Waals surface area contributed by atoms with Crippen molar-refractivity contribution < 1.29 is 4.79 Å². The zero-order valence-electron chi connectivity index (χ0n) is 12.2. The first-order valence-corrected chi connectivity index (χ1v) is 7.65. The lowest BCUT2D eigenvalue weighted by molar-refractivity contribution is -0.132. The van der Waals surface area contributed by atoms with Crippen LogP contribution in [0.25, 0.3) is 0 Å².